The number of hydrogen-bond donors (Lipinski definition) is 1. The molecule has 0 saturated carbocycles. The summed E-state index contributed by atoms with van der Waals surface area (Å²) in [4.78, 5) is 15.2. The average molecular weight is 379 g/mol. The van der Waals surface area contributed by atoms with E-state index >= 15 is 0 Å². The topological polar surface area (TPSA) is 43.8 Å². The van der Waals surface area contributed by atoms with Gasteiger partial charge in [-0.25, -0.2) is 4.79 Å². The van der Waals surface area contributed by atoms with Crippen LogP contribution in [0.4, 0.5) is 4.79 Å². The van der Waals surface area contributed by atoms with Crippen LogP contribution < -0.4 is 0 Å². The summed E-state index contributed by atoms with van der Waals surface area (Å²) < 4.78 is 0. The first kappa shape index (κ1) is 18.1. The molecule has 1 aliphatic rings. The van der Waals surface area contributed by atoms with Crippen LogP contribution in [0.15, 0.2) is 48.5 Å². The summed E-state index contributed by atoms with van der Waals surface area (Å²) in [6.07, 6.45) is -0.920. The van der Waals surface area contributed by atoms with Crippen molar-refractivity contribution in [3.63, 3.8) is 0 Å². The molecule has 132 valence electrons. The number of benzene rings is 2. The molecule has 0 aliphatic carbocycles. The average Bonchev–Trinajstić information content (AvgIpc) is 3.01. The Morgan fingerprint density at radius 3 is 2.52 bits per heavy atom. The van der Waals surface area contributed by atoms with Crippen molar-refractivity contribution in [3.8, 4) is 0 Å². The summed E-state index contributed by atoms with van der Waals surface area (Å²) in [5.41, 5.74) is 2.23. The lowest BCUT2D eigenvalue weighted by atomic mass is 9.93. The number of nitrogens with zero attached hydrogens (tertiary/aromatic N) is 2. The smallest absolute Gasteiger partial charge is 0.407 e. The standard InChI is InChI=1S/C19H20Cl2N2O2/c1-22(19(24)25)18-12-23(10-13-5-3-2-4-6-13)11-15(18)14-7-8-16(20)17(21)9-14/h2-9,15,18H,10-12H2,1H3,(H,24,25)/t15-,18+/m1/s1. The third-order valence-corrected chi connectivity index (χ3v) is 5.52. The number of rotatable bonds is 4. The first-order valence-electron chi connectivity index (χ1n) is 8.12. The van der Waals surface area contributed by atoms with Crippen molar-refractivity contribution in [1.29, 1.82) is 0 Å². The monoisotopic (exact) mass is 378 g/mol. The molecule has 0 spiro atoms. The maximum absolute atomic E-state index is 11.5. The van der Waals surface area contributed by atoms with Gasteiger partial charge in [-0.15, -0.1) is 0 Å². The Balaban J connectivity index is 1.85. The number of carbonyl (C=O) groups is 1. The van der Waals surface area contributed by atoms with Crippen molar-refractivity contribution in [1.82, 2.24) is 9.80 Å². The highest BCUT2D eigenvalue weighted by atomic mass is 35.5. The maximum Gasteiger partial charge on any atom is 0.407 e. The van der Waals surface area contributed by atoms with E-state index < -0.39 is 6.09 Å². The fourth-order valence-corrected chi connectivity index (χ4v) is 3.75. The molecule has 0 radical (unpaired) electrons. The minimum absolute atomic E-state index is 0.0552. The zero-order chi connectivity index (χ0) is 18.0. The summed E-state index contributed by atoms with van der Waals surface area (Å²) in [6.45, 7) is 2.25. The number of halogens is 2. The largest absolute Gasteiger partial charge is 0.465 e. The van der Waals surface area contributed by atoms with Crippen molar-refractivity contribution >= 4 is 29.3 Å². The van der Waals surface area contributed by atoms with Gasteiger partial charge >= 0.3 is 6.09 Å². The predicted octanol–water partition coefficient (Wildman–Crippen LogP) is 4.57. The molecule has 2 atom stereocenters. The van der Waals surface area contributed by atoms with Gasteiger partial charge in [0.25, 0.3) is 0 Å². The molecule has 4 nitrogen and oxygen atoms in total. The normalized spacial score (nSPS) is 20.6. The van der Waals surface area contributed by atoms with E-state index in [-0.39, 0.29) is 12.0 Å². The lowest BCUT2D eigenvalue weighted by molar-refractivity contribution is 0.135. The molecular formula is C19H20Cl2N2O2. The zero-order valence-corrected chi connectivity index (χ0v) is 15.4. The molecule has 1 saturated heterocycles. The Morgan fingerprint density at radius 2 is 1.88 bits per heavy atom. The lowest BCUT2D eigenvalue weighted by Crippen LogP contribution is -2.40. The van der Waals surface area contributed by atoms with Crippen molar-refractivity contribution in [2.24, 2.45) is 0 Å². The van der Waals surface area contributed by atoms with Gasteiger partial charge in [-0.3, -0.25) is 4.90 Å². The van der Waals surface area contributed by atoms with Crippen LogP contribution in [0, 0.1) is 0 Å². The highest BCUT2D eigenvalue weighted by Crippen LogP contribution is 2.34. The molecule has 1 aliphatic heterocycles. The van der Waals surface area contributed by atoms with Gasteiger partial charge < -0.3 is 10.0 Å². The van der Waals surface area contributed by atoms with Gasteiger partial charge in [0.15, 0.2) is 0 Å². The second-order valence-corrected chi connectivity index (χ2v) is 7.23. The fourth-order valence-electron chi connectivity index (χ4n) is 3.44. The summed E-state index contributed by atoms with van der Waals surface area (Å²) >= 11 is 12.2. The highest BCUT2D eigenvalue weighted by Gasteiger charge is 2.38. The van der Waals surface area contributed by atoms with Crippen LogP contribution in [0.3, 0.4) is 0 Å². The first-order chi connectivity index (χ1) is 12.0. The van der Waals surface area contributed by atoms with E-state index in [0.717, 1.165) is 18.7 Å². The molecule has 1 fully saturated rings. The van der Waals surface area contributed by atoms with E-state index in [1.807, 2.05) is 30.3 Å². The third kappa shape index (κ3) is 4.09. The van der Waals surface area contributed by atoms with Gasteiger partial charge in [0.05, 0.1) is 16.1 Å². The van der Waals surface area contributed by atoms with Crippen molar-refractivity contribution in [3.05, 3.63) is 69.7 Å². The minimum atomic E-state index is -0.920. The molecule has 2 aromatic rings. The molecular weight excluding hydrogens is 359 g/mol. The molecule has 1 N–H and O–H groups in total. The van der Waals surface area contributed by atoms with Crippen LogP contribution in [0.2, 0.25) is 10.0 Å². The van der Waals surface area contributed by atoms with E-state index in [4.69, 9.17) is 23.2 Å². The molecule has 1 amide bonds. The fraction of sp³-hybridized carbons (Fsp3) is 0.316. The van der Waals surface area contributed by atoms with E-state index in [1.165, 1.54) is 10.5 Å². The summed E-state index contributed by atoms with van der Waals surface area (Å²) in [7, 11) is 1.63. The molecule has 0 unspecified atom stereocenters. The second-order valence-electron chi connectivity index (χ2n) is 6.42. The van der Waals surface area contributed by atoms with Gasteiger partial charge in [0.1, 0.15) is 0 Å². The van der Waals surface area contributed by atoms with Crippen LogP contribution in [-0.2, 0) is 6.54 Å². The van der Waals surface area contributed by atoms with Crippen molar-refractivity contribution in [2.75, 3.05) is 20.1 Å². The van der Waals surface area contributed by atoms with E-state index in [2.05, 4.69) is 17.0 Å². The minimum Gasteiger partial charge on any atom is -0.465 e. The molecule has 6 heteroatoms. The van der Waals surface area contributed by atoms with E-state index in [9.17, 15) is 9.90 Å². The van der Waals surface area contributed by atoms with Gasteiger partial charge in [-0.1, -0.05) is 59.6 Å². The van der Waals surface area contributed by atoms with Crippen LogP contribution >= 0.6 is 23.2 Å². The number of carboxylic acid groups (broad SMARTS) is 1. The predicted molar refractivity (Wildman–Crippen MR) is 100 cm³/mol. The van der Waals surface area contributed by atoms with Gasteiger partial charge in [0, 0.05) is 32.6 Å². The zero-order valence-electron chi connectivity index (χ0n) is 13.9. The van der Waals surface area contributed by atoms with Gasteiger partial charge in [0.2, 0.25) is 0 Å². The molecule has 0 aromatic heterocycles. The third-order valence-electron chi connectivity index (χ3n) is 4.78. The van der Waals surface area contributed by atoms with Gasteiger partial charge in [-0.05, 0) is 23.3 Å². The molecule has 3 rings (SSSR count). The van der Waals surface area contributed by atoms with Gasteiger partial charge in [-0.2, -0.15) is 0 Å². The van der Waals surface area contributed by atoms with Crippen molar-refractivity contribution in [2.45, 2.75) is 18.5 Å². The number of hydrogen-bond acceptors (Lipinski definition) is 2. The molecule has 2 aromatic carbocycles. The van der Waals surface area contributed by atoms with Crippen molar-refractivity contribution < 1.29 is 9.90 Å². The number of amides is 1. The van der Waals surface area contributed by atoms with Crippen LogP contribution in [-0.4, -0.2) is 47.2 Å². The van der Waals surface area contributed by atoms with Crippen LogP contribution in [0.25, 0.3) is 0 Å². The summed E-state index contributed by atoms with van der Waals surface area (Å²) in [6, 6.07) is 15.6. The molecule has 0 bridgehead atoms. The highest BCUT2D eigenvalue weighted by molar-refractivity contribution is 6.42. The molecule has 1 heterocycles. The van der Waals surface area contributed by atoms with Crippen LogP contribution in [0.1, 0.15) is 17.0 Å². The number of likely N-dealkylation sites (tertiary alicyclic amines) is 1. The van der Waals surface area contributed by atoms with E-state index in [0.29, 0.717) is 16.6 Å². The van der Waals surface area contributed by atoms with E-state index in [1.54, 1.807) is 13.1 Å². The Bertz CT molecular complexity index is 754. The van der Waals surface area contributed by atoms with Crippen LogP contribution in [0.5, 0.6) is 0 Å². The quantitative estimate of drug-likeness (QED) is 0.846. The number of likely N-dealkylation sites (N-methyl/N-ethyl adjacent to an activating group) is 1. The molecule has 25 heavy (non-hydrogen) atoms. The first-order valence-corrected chi connectivity index (χ1v) is 8.88. The Kier molecular flexibility index (Phi) is 5.52. The second kappa shape index (κ2) is 7.65. The summed E-state index contributed by atoms with van der Waals surface area (Å²) in [5, 5.41) is 10.4. The lowest BCUT2D eigenvalue weighted by Gasteiger charge is -2.27. The maximum atomic E-state index is 11.5. The Morgan fingerprint density at radius 1 is 1.16 bits per heavy atom. The Labute approximate surface area is 157 Å². The SMILES string of the molecule is CN(C(=O)O)[C@H]1CN(Cc2ccccc2)C[C@@H]1c1ccc(Cl)c(Cl)c1. The summed E-state index contributed by atoms with van der Waals surface area (Å²) in [5.74, 6) is 0.0552. The Hall–Kier alpha value is -1.75.